The second-order valence-electron chi connectivity index (χ2n) is 4.46. The van der Waals surface area contributed by atoms with Gasteiger partial charge in [0.05, 0.1) is 12.7 Å². The molecule has 0 amide bonds. The van der Waals surface area contributed by atoms with Crippen molar-refractivity contribution >= 4 is 5.95 Å². The minimum absolute atomic E-state index is 0.181. The van der Waals surface area contributed by atoms with E-state index >= 15 is 0 Å². The van der Waals surface area contributed by atoms with Gasteiger partial charge in [-0.05, 0) is 12.1 Å². The number of ether oxygens (including phenoxy) is 1. The van der Waals surface area contributed by atoms with Crippen LogP contribution in [0.3, 0.4) is 0 Å². The van der Waals surface area contributed by atoms with Crippen LogP contribution in [0.1, 0.15) is 0 Å². The minimum Gasteiger partial charge on any atom is -0.374 e. The zero-order valence-electron chi connectivity index (χ0n) is 10.6. The molecule has 0 saturated carbocycles. The second kappa shape index (κ2) is 5.81. The highest BCUT2D eigenvalue weighted by molar-refractivity contribution is 5.57. The molecular formula is C13H17N5O. The van der Waals surface area contributed by atoms with E-state index in [1.165, 1.54) is 0 Å². The van der Waals surface area contributed by atoms with Crippen LogP contribution >= 0.6 is 0 Å². The normalized spacial score (nSPS) is 19.3. The van der Waals surface area contributed by atoms with Crippen LogP contribution in [-0.2, 0) is 4.74 Å². The maximum atomic E-state index is 5.60. The van der Waals surface area contributed by atoms with Gasteiger partial charge in [0, 0.05) is 49.5 Å². The Morgan fingerprint density at radius 2 is 2.26 bits per heavy atom. The third-order valence-corrected chi connectivity index (χ3v) is 3.05. The Hall–Kier alpha value is -1.92. The summed E-state index contributed by atoms with van der Waals surface area (Å²) >= 11 is 0. The molecule has 6 heteroatoms. The monoisotopic (exact) mass is 259 g/mol. The first-order valence-corrected chi connectivity index (χ1v) is 6.44. The van der Waals surface area contributed by atoms with Gasteiger partial charge in [0.2, 0.25) is 5.95 Å². The van der Waals surface area contributed by atoms with Gasteiger partial charge in [-0.1, -0.05) is 0 Å². The van der Waals surface area contributed by atoms with Crippen molar-refractivity contribution < 1.29 is 4.74 Å². The highest BCUT2D eigenvalue weighted by Crippen LogP contribution is 2.15. The van der Waals surface area contributed by atoms with E-state index in [1.54, 1.807) is 12.4 Å². The van der Waals surface area contributed by atoms with Gasteiger partial charge in [0.25, 0.3) is 0 Å². The third-order valence-electron chi connectivity index (χ3n) is 3.05. The fraction of sp³-hybridized carbons (Fsp3) is 0.385. The Labute approximate surface area is 111 Å². The summed E-state index contributed by atoms with van der Waals surface area (Å²) in [7, 11) is 0. The molecule has 19 heavy (non-hydrogen) atoms. The molecule has 1 fully saturated rings. The zero-order chi connectivity index (χ0) is 12.9. The van der Waals surface area contributed by atoms with Gasteiger partial charge >= 0.3 is 0 Å². The summed E-state index contributed by atoms with van der Waals surface area (Å²) in [5.41, 5.74) is 2.00. The fourth-order valence-corrected chi connectivity index (χ4v) is 2.02. The van der Waals surface area contributed by atoms with Crippen LogP contribution in [0.25, 0.3) is 11.3 Å². The SMILES string of the molecule is c1c[nH]c(-c2cnc(NCC3CNCCO3)nc2)c1. The summed E-state index contributed by atoms with van der Waals surface area (Å²) in [4.78, 5) is 11.7. The molecule has 0 bridgehead atoms. The van der Waals surface area contributed by atoms with Crippen molar-refractivity contribution in [2.75, 3.05) is 31.6 Å². The number of rotatable bonds is 4. The van der Waals surface area contributed by atoms with Gasteiger partial charge in [-0.15, -0.1) is 0 Å². The van der Waals surface area contributed by atoms with Crippen LogP contribution in [0.5, 0.6) is 0 Å². The highest BCUT2D eigenvalue weighted by atomic mass is 16.5. The molecule has 6 nitrogen and oxygen atoms in total. The second-order valence-corrected chi connectivity index (χ2v) is 4.46. The first-order valence-electron chi connectivity index (χ1n) is 6.44. The lowest BCUT2D eigenvalue weighted by molar-refractivity contribution is 0.0371. The lowest BCUT2D eigenvalue weighted by Crippen LogP contribution is -2.42. The van der Waals surface area contributed by atoms with Crippen LogP contribution < -0.4 is 10.6 Å². The number of aromatic nitrogens is 3. The molecule has 3 heterocycles. The molecule has 1 unspecified atom stereocenters. The van der Waals surface area contributed by atoms with Crippen LogP contribution in [0.4, 0.5) is 5.95 Å². The zero-order valence-corrected chi connectivity index (χ0v) is 10.6. The van der Waals surface area contributed by atoms with Gasteiger partial charge in [0.1, 0.15) is 0 Å². The molecule has 3 N–H and O–H groups in total. The van der Waals surface area contributed by atoms with E-state index in [2.05, 4.69) is 25.6 Å². The predicted octanol–water partition coefficient (Wildman–Crippen LogP) is 0.872. The van der Waals surface area contributed by atoms with Crippen LogP contribution in [0.15, 0.2) is 30.7 Å². The smallest absolute Gasteiger partial charge is 0.222 e. The molecule has 3 rings (SSSR count). The molecule has 0 radical (unpaired) electrons. The largest absolute Gasteiger partial charge is 0.374 e. The van der Waals surface area contributed by atoms with E-state index < -0.39 is 0 Å². The van der Waals surface area contributed by atoms with Crippen molar-refractivity contribution in [2.24, 2.45) is 0 Å². The highest BCUT2D eigenvalue weighted by Gasteiger charge is 2.13. The van der Waals surface area contributed by atoms with E-state index in [1.807, 2.05) is 18.3 Å². The van der Waals surface area contributed by atoms with Gasteiger partial charge in [-0.2, -0.15) is 0 Å². The van der Waals surface area contributed by atoms with Crippen molar-refractivity contribution in [1.82, 2.24) is 20.3 Å². The van der Waals surface area contributed by atoms with E-state index in [0.717, 1.165) is 37.5 Å². The average Bonchev–Trinajstić information content (AvgIpc) is 3.01. The summed E-state index contributed by atoms with van der Waals surface area (Å²) in [5, 5.41) is 6.48. The standard InChI is InChI=1S/C13H17N5O/c1-2-12(15-3-1)10-6-16-13(17-7-10)18-9-11-8-14-4-5-19-11/h1-3,6-7,11,14-15H,4-5,8-9H2,(H,16,17,18). The minimum atomic E-state index is 0.181. The van der Waals surface area contributed by atoms with Crippen molar-refractivity contribution in [3.05, 3.63) is 30.7 Å². The van der Waals surface area contributed by atoms with Crippen molar-refractivity contribution in [2.45, 2.75) is 6.10 Å². The Morgan fingerprint density at radius 3 is 2.95 bits per heavy atom. The summed E-state index contributed by atoms with van der Waals surface area (Å²) in [5.74, 6) is 0.629. The predicted molar refractivity (Wildman–Crippen MR) is 72.9 cm³/mol. The van der Waals surface area contributed by atoms with Gasteiger partial charge in [0.15, 0.2) is 0 Å². The summed E-state index contributed by atoms with van der Waals surface area (Å²) in [6.45, 7) is 3.28. The van der Waals surface area contributed by atoms with Crippen molar-refractivity contribution in [3.63, 3.8) is 0 Å². The lowest BCUT2D eigenvalue weighted by Gasteiger charge is -2.23. The van der Waals surface area contributed by atoms with Crippen molar-refractivity contribution in [1.29, 1.82) is 0 Å². The molecule has 0 spiro atoms. The number of morpholine rings is 1. The van der Waals surface area contributed by atoms with Crippen LogP contribution in [0, 0.1) is 0 Å². The molecule has 0 aromatic carbocycles. The molecular weight excluding hydrogens is 242 g/mol. The molecule has 0 aliphatic carbocycles. The number of anilines is 1. The van der Waals surface area contributed by atoms with E-state index in [0.29, 0.717) is 5.95 Å². The number of H-pyrrole nitrogens is 1. The van der Waals surface area contributed by atoms with Gasteiger partial charge < -0.3 is 20.4 Å². The Bertz CT molecular complexity index is 490. The van der Waals surface area contributed by atoms with E-state index in [-0.39, 0.29) is 6.10 Å². The molecule has 1 saturated heterocycles. The van der Waals surface area contributed by atoms with Gasteiger partial charge in [-0.25, -0.2) is 9.97 Å². The maximum absolute atomic E-state index is 5.60. The quantitative estimate of drug-likeness (QED) is 0.759. The molecule has 2 aromatic rings. The Balaban J connectivity index is 1.57. The van der Waals surface area contributed by atoms with E-state index in [4.69, 9.17) is 4.74 Å². The number of hydrogen-bond acceptors (Lipinski definition) is 5. The Kier molecular flexibility index (Phi) is 3.71. The third kappa shape index (κ3) is 3.10. The summed E-state index contributed by atoms with van der Waals surface area (Å²) < 4.78 is 5.60. The molecule has 100 valence electrons. The van der Waals surface area contributed by atoms with Gasteiger partial charge in [-0.3, -0.25) is 0 Å². The molecule has 1 aliphatic heterocycles. The number of hydrogen-bond donors (Lipinski definition) is 3. The maximum Gasteiger partial charge on any atom is 0.222 e. The van der Waals surface area contributed by atoms with Crippen molar-refractivity contribution in [3.8, 4) is 11.3 Å². The first kappa shape index (κ1) is 12.1. The first-order chi connectivity index (χ1) is 9.42. The van der Waals surface area contributed by atoms with E-state index in [9.17, 15) is 0 Å². The summed E-state index contributed by atoms with van der Waals surface area (Å²) in [6.07, 6.45) is 5.68. The van der Waals surface area contributed by atoms with Crippen LogP contribution in [-0.4, -0.2) is 47.3 Å². The van der Waals surface area contributed by atoms with Crippen LogP contribution in [0.2, 0.25) is 0 Å². The number of nitrogens with one attached hydrogen (secondary N) is 3. The summed E-state index contributed by atoms with van der Waals surface area (Å²) in [6, 6.07) is 3.95. The molecule has 2 aromatic heterocycles. The Morgan fingerprint density at radius 1 is 1.37 bits per heavy atom. The fourth-order valence-electron chi connectivity index (χ4n) is 2.02. The average molecular weight is 259 g/mol. The number of aromatic amines is 1. The molecule has 1 atom stereocenters. The topological polar surface area (TPSA) is 74.9 Å². The lowest BCUT2D eigenvalue weighted by atomic mass is 10.2. The number of nitrogens with zero attached hydrogens (tertiary/aromatic N) is 2. The molecule has 1 aliphatic rings.